The Morgan fingerprint density at radius 3 is 2.93 bits per heavy atom. The average molecular weight is 216 g/mol. The molecule has 1 aliphatic heterocycles. The quantitative estimate of drug-likeness (QED) is 0.236. The fraction of sp³-hybridized carbons (Fsp3) is 0.889. The van der Waals surface area contributed by atoms with E-state index in [-0.39, 0.29) is 18.8 Å². The van der Waals surface area contributed by atoms with Gasteiger partial charge in [0.1, 0.15) is 0 Å². The Balaban J connectivity index is 2.63. The molecule has 0 radical (unpaired) electrons. The Morgan fingerprint density at radius 2 is 2.40 bits per heavy atom. The number of aliphatic imine (C=N–C) groups is 1. The van der Waals surface area contributed by atoms with Gasteiger partial charge in [-0.15, -0.1) is 0 Å². The summed E-state index contributed by atoms with van der Waals surface area (Å²) in [4.78, 5) is 6.24. The van der Waals surface area contributed by atoms with Crippen molar-refractivity contribution in [3.63, 3.8) is 0 Å². The topological polar surface area (TPSA) is 83.1 Å². The third kappa shape index (κ3) is 3.33. The normalized spacial score (nSPS) is 28.0. The highest BCUT2D eigenvalue weighted by molar-refractivity contribution is 5.79. The van der Waals surface area contributed by atoms with Crippen molar-refractivity contribution in [3.8, 4) is 0 Å². The molecule has 1 rings (SSSR count). The molecular formula is C9H20N4O2. The lowest BCUT2D eigenvalue weighted by Crippen LogP contribution is -2.55. The minimum Gasteiger partial charge on any atom is -0.394 e. The molecule has 0 amide bonds. The fourth-order valence-corrected chi connectivity index (χ4v) is 1.71. The number of nitrogens with two attached hydrogens (primary N) is 1. The molecular weight excluding hydrogens is 196 g/mol. The van der Waals surface area contributed by atoms with Crippen LogP contribution in [0.5, 0.6) is 0 Å². The number of hydrazine groups is 1. The Kier molecular flexibility index (Phi) is 4.80. The first-order valence-corrected chi connectivity index (χ1v) is 5.23. The van der Waals surface area contributed by atoms with Gasteiger partial charge >= 0.3 is 0 Å². The van der Waals surface area contributed by atoms with Crippen LogP contribution in [-0.4, -0.2) is 54.4 Å². The number of hydrogen-bond acceptors (Lipinski definition) is 4. The van der Waals surface area contributed by atoms with Crippen molar-refractivity contribution in [3.05, 3.63) is 0 Å². The average Bonchev–Trinajstić information content (AvgIpc) is 2.24. The molecule has 15 heavy (non-hydrogen) atoms. The number of rotatable bonds is 2. The van der Waals surface area contributed by atoms with Gasteiger partial charge in [-0.3, -0.25) is 10.4 Å². The zero-order valence-corrected chi connectivity index (χ0v) is 9.31. The molecule has 0 aromatic carbocycles. The monoisotopic (exact) mass is 216 g/mol. The Bertz CT molecular complexity index is 222. The van der Waals surface area contributed by atoms with Gasteiger partial charge in [-0.25, -0.2) is 5.84 Å². The third-order valence-corrected chi connectivity index (χ3v) is 2.27. The summed E-state index contributed by atoms with van der Waals surface area (Å²) in [5, 5.41) is 9.07. The third-order valence-electron chi connectivity index (χ3n) is 2.27. The maximum Gasteiger partial charge on any atom is 0.208 e. The molecule has 0 bridgehead atoms. The van der Waals surface area contributed by atoms with Crippen LogP contribution in [0.1, 0.15) is 13.8 Å². The molecule has 1 saturated heterocycles. The zero-order valence-electron chi connectivity index (χ0n) is 9.31. The van der Waals surface area contributed by atoms with Crippen molar-refractivity contribution in [2.75, 3.05) is 26.2 Å². The molecule has 0 spiro atoms. The summed E-state index contributed by atoms with van der Waals surface area (Å²) in [7, 11) is 0. The van der Waals surface area contributed by atoms with E-state index in [0.717, 1.165) is 6.54 Å². The molecule has 0 aromatic heterocycles. The molecule has 1 aliphatic rings. The molecule has 1 fully saturated rings. The first-order valence-electron chi connectivity index (χ1n) is 5.23. The van der Waals surface area contributed by atoms with E-state index < -0.39 is 0 Å². The first kappa shape index (κ1) is 12.2. The van der Waals surface area contributed by atoms with E-state index in [0.29, 0.717) is 19.0 Å². The summed E-state index contributed by atoms with van der Waals surface area (Å²) in [6, 6.07) is 0. The van der Waals surface area contributed by atoms with E-state index >= 15 is 0 Å². The van der Waals surface area contributed by atoms with Gasteiger partial charge in [0.2, 0.25) is 5.96 Å². The van der Waals surface area contributed by atoms with Gasteiger partial charge in [0.25, 0.3) is 0 Å². The molecule has 1 heterocycles. The van der Waals surface area contributed by atoms with Crippen LogP contribution in [0, 0.1) is 0 Å². The highest BCUT2D eigenvalue weighted by Gasteiger charge is 2.26. The summed E-state index contributed by atoms with van der Waals surface area (Å²) in [6.07, 6.45) is -0.0875. The number of nitrogens with one attached hydrogen (secondary N) is 1. The number of morpholine rings is 1. The van der Waals surface area contributed by atoms with Crippen LogP contribution in [0.2, 0.25) is 0 Å². The fourth-order valence-electron chi connectivity index (χ4n) is 1.71. The standard InChI is InChI=1S/C9H20N4O2/c1-3-11-9(12-10)13-4-7(2)15-8(5-13)6-14/h7-8,14H,3-6,10H2,1-2H3,(H,11,12). The van der Waals surface area contributed by atoms with Gasteiger partial charge in [-0.2, -0.15) is 0 Å². The van der Waals surface area contributed by atoms with E-state index in [1.165, 1.54) is 0 Å². The molecule has 2 atom stereocenters. The molecule has 0 saturated carbocycles. The second-order valence-corrected chi connectivity index (χ2v) is 3.60. The van der Waals surface area contributed by atoms with E-state index in [9.17, 15) is 0 Å². The van der Waals surface area contributed by atoms with Gasteiger partial charge < -0.3 is 14.7 Å². The maximum atomic E-state index is 9.07. The first-order chi connectivity index (χ1) is 7.21. The molecule has 6 nitrogen and oxygen atoms in total. The second kappa shape index (κ2) is 5.89. The Labute approximate surface area is 90.1 Å². The number of ether oxygens (including phenoxy) is 1. The smallest absolute Gasteiger partial charge is 0.208 e. The summed E-state index contributed by atoms with van der Waals surface area (Å²) < 4.78 is 5.52. The van der Waals surface area contributed by atoms with Gasteiger partial charge in [-0.05, 0) is 13.8 Å². The van der Waals surface area contributed by atoms with E-state index in [1.807, 2.05) is 18.7 Å². The second-order valence-electron chi connectivity index (χ2n) is 3.60. The summed E-state index contributed by atoms with van der Waals surface area (Å²) in [5.74, 6) is 6.05. The van der Waals surface area contributed by atoms with Crippen molar-refractivity contribution in [2.24, 2.45) is 10.8 Å². The van der Waals surface area contributed by atoms with Crippen LogP contribution < -0.4 is 11.3 Å². The highest BCUT2D eigenvalue weighted by Crippen LogP contribution is 2.10. The summed E-state index contributed by atoms with van der Waals surface area (Å²) in [6.45, 7) is 5.96. The summed E-state index contributed by atoms with van der Waals surface area (Å²) >= 11 is 0. The minimum atomic E-state index is -0.163. The van der Waals surface area contributed by atoms with Crippen LogP contribution in [0.4, 0.5) is 0 Å². The van der Waals surface area contributed by atoms with Crippen LogP contribution >= 0.6 is 0 Å². The van der Waals surface area contributed by atoms with Crippen molar-refractivity contribution in [1.82, 2.24) is 10.3 Å². The van der Waals surface area contributed by atoms with E-state index in [4.69, 9.17) is 15.7 Å². The lowest BCUT2D eigenvalue weighted by Gasteiger charge is -2.37. The number of guanidine groups is 1. The number of aliphatic hydroxyl groups excluding tert-OH is 1. The van der Waals surface area contributed by atoms with Crippen molar-refractivity contribution in [2.45, 2.75) is 26.1 Å². The largest absolute Gasteiger partial charge is 0.394 e. The highest BCUT2D eigenvalue weighted by atomic mass is 16.5. The molecule has 0 aromatic rings. The SMILES string of the molecule is CCN=C(NN)N1CC(C)OC(CO)C1. The van der Waals surface area contributed by atoms with Gasteiger partial charge in [-0.1, -0.05) is 0 Å². The van der Waals surface area contributed by atoms with Gasteiger partial charge in [0.15, 0.2) is 0 Å². The molecule has 88 valence electrons. The predicted octanol–water partition coefficient (Wildman–Crippen LogP) is -1.09. The Morgan fingerprint density at radius 1 is 1.67 bits per heavy atom. The van der Waals surface area contributed by atoms with Gasteiger partial charge in [0.05, 0.1) is 18.8 Å². The van der Waals surface area contributed by atoms with Crippen molar-refractivity contribution in [1.29, 1.82) is 0 Å². The van der Waals surface area contributed by atoms with Crippen LogP contribution in [-0.2, 0) is 4.74 Å². The molecule has 4 N–H and O–H groups in total. The number of hydrogen-bond donors (Lipinski definition) is 3. The van der Waals surface area contributed by atoms with Crippen molar-refractivity contribution >= 4 is 5.96 Å². The Hall–Kier alpha value is -0.850. The molecule has 6 heteroatoms. The maximum absolute atomic E-state index is 9.07. The number of aliphatic hydroxyl groups is 1. The lowest BCUT2D eigenvalue weighted by atomic mass is 10.2. The number of nitrogens with zero attached hydrogens (tertiary/aromatic N) is 2. The zero-order chi connectivity index (χ0) is 11.3. The van der Waals surface area contributed by atoms with Crippen LogP contribution in [0.25, 0.3) is 0 Å². The minimum absolute atomic E-state index is 0.0187. The van der Waals surface area contributed by atoms with E-state index in [1.54, 1.807) is 0 Å². The lowest BCUT2D eigenvalue weighted by molar-refractivity contribution is -0.0792. The predicted molar refractivity (Wildman–Crippen MR) is 58.3 cm³/mol. The van der Waals surface area contributed by atoms with Crippen LogP contribution in [0.15, 0.2) is 4.99 Å². The molecule has 2 unspecified atom stereocenters. The van der Waals surface area contributed by atoms with Crippen LogP contribution in [0.3, 0.4) is 0 Å². The van der Waals surface area contributed by atoms with Gasteiger partial charge in [0, 0.05) is 19.6 Å². The van der Waals surface area contributed by atoms with E-state index in [2.05, 4.69) is 10.4 Å². The summed E-state index contributed by atoms with van der Waals surface area (Å²) in [5.41, 5.74) is 2.58. The molecule has 0 aliphatic carbocycles. The van der Waals surface area contributed by atoms with Crippen molar-refractivity contribution < 1.29 is 9.84 Å².